The molecule has 0 N–H and O–H groups in total. The molecule has 0 aromatic carbocycles. The number of fused-ring (bicyclic) bond motifs is 1. The summed E-state index contributed by atoms with van der Waals surface area (Å²) < 4.78 is 37.9. The Bertz CT molecular complexity index is 484. The third-order valence-corrected chi connectivity index (χ3v) is 1.68. The molecule has 0 unspecified atom stereocenters. The molecule has 4 nitrogen and oxygen atoms in total. The van der Waals surface area contributed by atoms with Gasteiger partial charge in [-0.15, -0.1) is 0 Å². The molecule has 0 spiro atoms. The van der Waals surface area contributed by atoms with Gasteiger partial charge in [-0.05, 0) is 12.6 Å². The molecular weight excluding hydrogens is 298 g/mol. The summed E-state index contributed by atoms with van der Waals surface area (Å²) in [5.74, 6) is 0. The zero-order valence-electron chi connectivity index (χ0n) is 8.09. The topological polar surface area (TPSA) is 43.6 Å². The molecule has 2 aromatic rings. The molecule has 0 amide bonds. The van der Waals surface area contributed by atoms with Crippen molar-refractivity contribution in [2.24, 2.45) is 7.05 Å². The van der Waals surface area contributed by atoms with Gasteiger partial charge in [-0.3, -0.25) is 0 Å². The van der Waals surface area contributed by atoms with E-state index < -0.39 is 11.9 Å². The van der Waals surface area contributed by atoms with Crippen molar-refractivity contribution in [3.8, 4) is 0 Å². The van der Waals surface area contributed by atoms with E-state index >= 15 is 0 Å². The second kappa shape index (κ2) is 5.06. The van der Waals surface area contributed by atoms with E-state index in [0.29, 0.717) is 0 Å². The van der Waals surface area contributed by atoms with Gasteiger partial charge >= 0.3 is 33.2 Å². The van der Waals surface area contributed by atoms with Crippen molar-refractivity contribution in [2.45, 2.75) is 6.18 Å². The Kier molecular flexibility index (Phi) is 4.21. The average molecular weight is 302 g/mol. The Morgan fingerprint density at radius 3 is 2.56 bits per heavy atom. The Balaban J connectivity index is 0.000000606. The Labute approximate surface area is 103 Å². The van der Waals surface area contributed by atoms with Crippen LogP contribution in [-0.4, -0.2) is 19.7 Å². The number of hydrogen-bond donors (Lipinski definition) is 0. The number of rotatable bonds is 0. The monoisotopic (exact) mass is 300 g/mol. The van der Waals surface area contributed by atoms with Crippen LogP contribution in [0.1, 0.15) is 5.69 Å². The zero-order valence-corrected chi connectivity index (χ0v) is 11.8. The zero-order chi connectivity index (χ0) is 12.3. The fourth-order valence-corrected chi connectivity index (χ4v) is 1.01. The van der Waals surface area contributed by atoms with Crippen molar-refractivity contribution in [3.05, 3.63) is 18.1 Å². The van der Waals surface area contributed by atoms with Crippen molar-refractivity contribution < 1.29 is 30.5 Å². The van der Waals surface area contributed by atoms with Gasteiger partial charge in [0.05, 0.1) is 0 Å². The maximum atomic E-state index is 12.2. The van der Waals surface area contributed by atoms with E-state index in [1.165, 1.54) is 4.57 Å². The predicted molar refractivity (Wildman–Crippen MR) is 46.0 cm³/mol. The van der Waals surface area contributed by atoms with Crippen LogP contribution in [-0.2, 0) is 30.5 Å². The number of aryl methyl sites for hydroxylation is 1. The first-order valence-electron chi connectivity index (χ1n) is 3.90. The minimum absolute atomic E-state index is 0.134. The van der Waals surface area contributed by atoms with Gasteiger partial charge in [-0.1, -0.05) is 6.07 Å². The van der Waals surface area contributed by atoms with Crippen molar-refractivity contribution >= 4 is 20.9 Å². The molecule has 0 radical (unpaired) electrons. The Morgan fingerprint density at radius 1 is 1.38 bits per heavy atom. The predicted octanol–water partition coefficient (Wildman–Crippen LogP) is 1.87. The number of hydrogen-bond acceptors (Lipinski definition) is 3. The number of nitrogens with zero attached hydrogens (tertiary/aromatic N) is 4. The second-order valence-corrected chi connectivity index (χ2v) is 2.71. The van der Waals surface area contributed by atoms with Crippen LogP contribution in [0, 0.1) is 6.33 Å². The van der Waals surface area contributed by atoms with Crippen molar-refractivity contribution in [1.82, 2.24) is 19.7 Å². The molecule has 2 aromatic heterocycles. The Hall–Kier alpha value is -0.747. The van der Waals surface area contributed by atoms with Gasteiger partial charge in [0.2, 0.25) is 0 Å². The number of halogens is 4. The molecule has 0 fully saturated rings. The summed E-state index contributed by atoms with van der Waals surface area (Å²) >= 11 is 0.847. The summed E-state index contributed by atoms with van der Waals surface area (Å²) in [6.45, 7) is 0. The summed E-state index contributed by atoms with van der Waals surface area (Å²) in [5, 5.41) is 6.46. The van der Waals surface area contributed by atoms with Crippen LogP contribution < -0.4 is 0 Å². The van der Waals surface area contributed by atoms with Crippen LogP contribution in [0.4, 0.5) is 13.2 Å². The summed E-state index contributed by atoms with van der Waals surface area (Å²) in [7, 11) is 6.34. The van der Waals surface area contributed by atoms with Crippen LogP contribution in [0.2, 0.25) is 0 Å². The molecule has 0 saturated carbocycles. The molecule has 2 rings (SSSR count). The van der Waals surface area contributed by atoms with Gasteiger partial charge in [0.25, 0.3) is 0 Å². The van der Waals surface area contributed by atoms with E-state index in [4.69, 9.17) is 9.69 Å². The fourth-order valence-electron chi connectivity index (χ4n) is 1.01. The van der Waals surface area contributed by atoms with Gasteiger partial charge < -0.3 is 9.55 Å². The molecule has 0 aliphatic carbocycles. The standard InChI is InChI=1S/C7H4F3N4.ClH.Zn/c1-14-3-11-4-2-5(7(8,9)10)12-13-6(4)14;;/h2H,1H3;1H;/q-1;;+2/p-1. The molecule has 0 atom stereocenters. The molecule has 0 aliphatic rings. The molecule has 16 heavy (non-hydrogen) atoms. The van der Waals surface area contributed by atoms with E-state index in [1.54, 1.807) is 7.05 Å². The summed E-state index contributed by atoms with van der Waals surface area (Å²) in [4.78, 5) is 3.63. The van der Waals surface area contributed by atoms with Gasteiger partial charge in [0, 0.05) is 12.0 Å². The van der Waals surface area contributed by atoms with E-state index in [2.05, 4.69) is 21.5 Å². The third kappa shape index (κ3) is 2.68. The normalized spacial score (nSPS) is 11.2. The maximum absolute atomic E-state index is 12.2. The Morgan fingerprint density at radius 2 is 2.00 bits per heavy atom. The van der Waals surface area contributed by atoms with Crippen molar-refractivity contribution in [2.75, 3.05) is 0 Å². The molecule has 82 valence electrons. The van der Waals surface area contributed by atoms with Crippen LogP contribution >= 0.6 is 9.69 Å². The first-order valence-corrected chi connectivity index (χ1v) is 7.80. The summed E-state index contributed by atoms with van der Waals surface area (Å²) in [6, 6.07) is 0.846. The number of alkyl halides is 3. The molecule has 0 bridgehead atoms. The number of imidazole rings is 1. The molecule has 2 heterocycles. The summed E-state index contributed by atoms with van der Waals surface area (Å²) in [5.41, 5.74) is -0.634. The van der Waals surface area contributed by atoms with E-state index in [9.17, 15) is 13.2 Å². The van der Waals surface area contributed by atoms with Gasteiger partial charge in [-0.25, -0.2) is 5.10 Å². The van der Waals surface area contributed by atoms with Crippen molar-refractivity contribution in [1.29, 1.82) is 0 Å². The van der Waals surface area contributed by atoms with Crippen molar-refractivity contribution in [3.63, 3.8) is 0 Å². The third-order valence-electron chi connectivity index (χ3n) is 1.68. The molecule has 0 saturated heterocycles. The SMILES string of the molecule is Cn1[c-]nc2cc(C(F)(F)F)nnc21.[Cl][Zn+]. The molecule has 0 aliphatic heterocycles. The quantitative estimate of drug-likeness (QED) is 0.551. The molecular formula is C7H4ClF3N4Zn. The van der Waals surface area contributed by atoms with E-state index in [1.807, 2.05) is 0 Å². The van der Waals surface area contributed by atoms with Gasteiger partial charge in [0.15, 0.2) is 5.69 Å². The van der Waals surface area contributed by atoms with E-state index in [0.717, 1.165) is 23.4 Å². The fraction of sp³-hybridized carbons (Fsp3) is 0.286. The second-order valence-electron chi connectivity index (χ2n) is 2.71. The van der Waals surface area contributed by atoms with Gasteiger partial charge in [-0.2, -0.15) is 18.3 Å². The minimum atomic E-state index is -4.49. The van der Waals surface area contributed by atoms with Crippen LogP contribution in [0.5, 0.6) is 0 Å². The van der Waals surface area contributed by atoms with Crippen LogP contribution in [0.15, 0.2) is 6.07 Å². The number of aromatic nitrogens is 4. The first kappa shape index (κ1) is 13.3. The average Bonchev–Trinajstić information content (AvgIpc) is 2.62. The van der Waals surface area contributed by atoms with Crippen LogP contribution in [0.25, 0.3) is 11.2 Å². The van der Waals surface area contributed by atoms with Crippen LogP contribution in [0.3, 0.4) is 0 Å². The molecule has 9 heteroatoms. The summed E-state index contributed by atoms with van der Waals surface area (Å²) in [6.07, 6.45) is -2.04. The van der Waals surface area contributed by atoms with E-state index in [-0.39, 0.29) is 11.2 Å². The van der Waals surface area contributed by atoms with Gasteiger partial charge in [0.1, 0.15) is 0 Å². The first-order chi connectivity index (χ1) is 7.48.